The lowest BCUT2D eigenvalue weighted by molar-refractivity contribution is 0.187. The Balaban J connectivity index is 2.49. The van der Waals surface area contributed by atoms with Gasteiger partial charge in [0.25, 0.3) is 0 Å². The monoisotopic (exact) mass is 247 g/mol. The summed E-state index contributed by atoms with van der Waals surface area (Å²) in [4.78, 5) is 4.71. The van der Waals surface area contributed by atoms with Crippen LogP contribution in [0.3, 0.4) is 0 Å². The molecule has 2 aromatic rings. The molecule has 18 heavy (non-hydrogen) atoms. The number of para-hydroxylation sites is 2. The molecule has 2 rings (SSSR count). The maximum atomic E-state index is 6.00. The standard InChI is InChI=1S/C14H21N3O/c1-10(11(2)15)14-16-12-6-4-5-7-13(12)17(14)8-9-18-3/h4-7,10-11H,8-9,15H2,1-3H3. The molecule has 0 aliphatic rings. The van der Waals surface area contributed by atoms with Gasteiger partial charge in [0, 0.05) is 25.6 Å². The average Bonchev–Trinajstić information content (AvgIpc) is 2.73. The summed E-state index contributed by atoms with van der Waals surface area (Å²) in [6, 6.07) is 8.26. The van der Waals surface area contributed by atoms with Crippen molar-refractivity contribution in [1.29, 1.82) is 0 Å². The number of ether oxygens (including phenoxy) is 1. The van der Waals surface area contributed by atoms with Crippen LogP contribution in [-0.4, -0.2) is 29.3 Å². The summed E-state index contributed by atoms with van der Waals surface area (Å²) in [5.74, 6) is 1.28. The maximum absolute atomic E-state index is 6.00. The van der Waals surface area contributed by atoms with Crippen LogP contribution in [0.25, 0.3) is 11.0 Å². The molecule has 98 valence electrons. The van der Waals surface area contributed by atoms with Gasteiger partial charge in [0.1, 0.15) is 5.82 Å². The predicted molar refractivity (Wildman–Crippen MR) is 73.7 cm³/mol. The molecule has 0 saturated heterocycles. The lowest BCUT2D eigenvalue weighted by atomic mass is 10.0. The van der Waals surface area contributed by atoms with E-state index in [-0.39, 0.29) is 12.0 Å². The summed E-state index contributed by atoms with van der Waals surface area (Å²) in [6.07, 6.45) is 0. The molecule has 2 N–H and O–H groups in total. The van der Waals surface area contributed by atoms with E-state index in [2.05, 4.69) is 17.6 Å². The summed E-state index contributed by atoms with van der Waals surface area (Å²) in [5.41, 5.74) is 8.18. The number of nitrogens with zero attached hydrogens (tertiary/aromatic N) is 2. The third-order valence-corrected chi connectivity index (χ3v) is 3.40. The minimum atomic E-state index is 0.0862. The summed E-state index contributed by atoms with van der Waals surface area (Å²) in [7, 11) is 1.72. The Hall–Kier alpha value is -1.39. The smallest absolute Gasteiger partial charge is 0.114 e. The summed E-state index contributed by atoms with van der Waals surface area (Å²) in [6.45, 7) is 5.63. The number of benzene rings is 1. The van der Waals surface area contributed by atoms with E-state index in [9.17, 15) is 0 Å². The van der Waals surface area contributed by atoms with Gasteiger partial charge in [-0.15, -0.1) is 0 Å². The zero-order valence-corrected chi connectivity index (χ0v) is 11.3. The molecule has 0 aliphatic heterocycles. The Kier molecular flexibility index (Phi) is 3.99. The first-order valence-electron chi connectivity index (χ1n) is 6.34. The third kappa shape index (κ3) is 2.40. The molecule has 4 heteroatoms. The SMILES string of the molecule is COCCn1c(C(C)C(C)N)nc2ccccc21. The Morgan fingerprint density at radius 1 is 1.33 bits per heavy atom. The number of aromatic nitrogens is 2. The number of nitrogens with two attached hydrogens (primary N) is 1. The van der Waals surface area contributed by atoms with Crippen molar-refractivity contribution in [3.63, 3.8) is 0 Å². The highest BCUT2D eigenvalue weighted by Gasteiger charge is 2.19. The molecular formula is C14H21N3O. The number of hydrogen-bond donors (Lipinski definition) is 1. The average molecular weight is 247 g/mol. The van der Waals surface area contributed by atoms with Gasteiger partial charge < -0.3 is 15.0 Å². The van der Waals surface area contributed by atoms with Crippen molar-refractivity contribution in [3.05, 3.63) is 30.1 Å². The molecule has 2 unspecified atom stereocenters. The van der Waals surface area contributed by atoms with Gasteiger partial charge in [-0.2, -0.15) is 0 Å². The molecule has 1 aromatic heterocycles. The minimum absolute atomic E-state index is 0.0862. The van der Waals surface area contributed by atoms with Crippen LogP contribution in [0.1, 0.15) is 25.6 Å². The zero-order chi connectivity index (χ0) is 13.1. The molecule has 2 atom stereocenters. The van der Waals surface area contributed by atoms with Gasteiger partial charge >= 0.3 is 0 Å². The van der Waals surface area contributed by atoms with E-state index in [1.807, 2.05) is 25.1 Å². The van der Waals surface area contributed by atoms with Crippen molar-refractivity contribution in [1.82, 2.24) is 9.55 Å². The van der Waals surface area contributed by atoms with Gasteiger partial charge in [0.2, 0.25) is 0 Å². The first kappa shape index (κ1) is 13.1. The van der Waals surface area contributed by atoms with Crippen molar-refractivity contribution in [2.75, 3.05) is 13.7 Å². The Bertz CT molecular complexity index is 519. The molecule has 0 bridgehead atoms. The van der Waals surface area contributed by atoms with Crippen molar-refractivity contribution in [2.24, 2.45) is 5.73 Å². The Morgan fingerprint density at radius 2 is 2.06 bits per heavy atom. The zero-order valence-electron chi connectivity index (χ0n) is 11.3. The lowest BCUT2D eigenvalue weighted by Gasteiger charge is -2.17. The van der Waals surface area contributed by atoms with Crippen molar-refractivity contribution >= 4 is 11.0 Å². The molecule has 0 saturated carbocycles. The van der Waals surface area contributed by atoms with Crippen molar-refractivity contribution < 1.29 is 4.74 Å². The topological polar surface area (TPSA) is 53.1 Å². The molecule has 0 fully saturated rings. The first-order chi connectivity index (χ1) is 8.65. The largest absolute Gasteiger partial charge is 0.383 e. The van der Waals surface area contributed by atoms with Gasteiger partial charge in [-0.05, 0) is 19.1 Å². The maximum Gasteiger partial charge on any atom is 0.114 e. The third-order valence-electron chi connectivity index (χ3n) is 3.40. The fourth-order valence-corrected chi connectivity index (χ4v) is 2.09. The van der Waals surface area contributed by atoms with E-state index in [1.54, 1.807) is 7.11 Å². The highest BCUT2D eigenvalue weighted by Crippen LogP contribution is 2.23. The van der Waals surface area contributed by atoms with Gasteiger partial charge in [-0.1, -0.05) is 19.1 Å². The van der Waals surface area contributed by atoms with E-state index in [0.717, 1.165) is 23.4 Å². The molecule has 0 amide bonds. The Morgan fingerprint density at radius 3 is 2.72 bits per heavy atom. The fourth-order valence-electron chi connectivity index (χ4n) is 2.09. The van der Waals surface area contributed by atoms with Crippen LogP contribution in [0.15, 0.2) is 24.3 Å². The number of imidazole rings is 1. The van der Waals surface area contributed by atoms with E-state index in [0.29, 0.717) is 6.61 Å². The quantitative estimate of drug-likeness (QED) is 0.880. The van der Waals surface area contributed by atoms with Crippen LogP contribution in [0.4, 0.5) is 0 Å². The highest BCUT2D eigenvalue weighted by molar-refractivity contribution is 5.76. The van der Waals surface area contributed by atoms with Crippen LogP contribution < -0.4 is 5.73 Å². The second kappa shape index (κ2) is 5.50. The summed E-state index contributed by atoms with van der Waals surface area (Å²) >= 11 is 0. The van der Waals surface area contributed by atoms with Crippen LogP contribution in [0.2, 0.25) is 0 Å². The number of hydrogen-bond acceptors (Lipinski definition) is 3. The number of fused-ring (bicyclic) bond motifs is 1. The number of rotatable bonds is 5. The highest BCUT2D eigenvalue weighted by atomic mass is 16.5. The first-order valence-corrected chi connectivity index (χ1v) is 6.34. The molecule has 1 heterocycles. The molecule has 0 radical (unpaired) electrons. The van der Waals surface area contributed by atoms with Gasteiger partial charge in [-0.3, -0.25) is 0 Å². The summed E-state index contributed by atoms with van der Waals surface area (Å²) < 4.78 is 7.39. The molecule has 1 aromatic carbocycles. The minimum Gasteiger partial charge on any atom is -0.383 e. The normalized spacial score (nSPS) is 14.9. The van der Waals surface area contributed by atoms with E-state index in [1.165, 1.54) is 0 Å². The van der Waals surface area contributed by atoms with E-state index < -0.39 is 0 Å². The number of methoxy groups -OCH3 is 1. The molecular weight excluding hydrogens is 226 g/mol. The second-order valence-corrected chi connectivity index (χ2v) is 4.75. The molecule has 0 spiro atoms. The lowest BCUT2D eigenvalue weighted by Crippen LogP contribution is -2.25. The van der Waals surface area contributed by atoms with Crippen LogP contribution in [-0.2, 0) is 11.3 Å². The molecule has 0 aliphatic carbocycles. The van der Waals surface area contributed by atoms with Crippen LogP contribution in [0, 0.1) is 0 Å². The Labute approximate surface area is 108 Å². The van der Waals surface area contributed by atoms with Gasteiger partial charge in [0.15, 0.2) is 0 Å². The van der Waals surface area contributed by atoms with Gasteiger partial charge in [-0.25, -0.2) is 4.98 Å². The summed E-state index contributed by atoms with van der Waals surface area (Å²) in [5, 5.41) is 0. The van der Waals surface area contributed by atoms with Crippen LogP contribution >= 0.6 is 0 Å². The van der Waals surface area contributed by atoms with Crippen LogP contribution in [0.5, 0.6) is 0 Å². The van der Waals surface area contributed by atoms with Gasteiger partial charge in [0.05, 0.1) is 17.6 Å². The predicted octanol–water partition coefficient (Wildman–Crippen LogP) is 2.13. The van der Waals surface area contributed by atoms with Crippen molar-refractivity contribution in [2.45, 2.75) is 32.4 Å². The fraction of sp³-hybridized carbons (Fsp3) is 0.500. The van der Waals surface area contributed by atoms with E-state index >= 15 is 0 Å². The molecule has 4 nitrogen and oxygen atoms in total. The second-order valence-electron chi connectivity index (χ2n) is 4.75. The van der Waals surface area contributed by atoms with Crippen molar-refractivity contribution in [3.8, 4) is 0 Å². The van der Waals surface area contributed by atoms with E-state index in [4.69, 9.17) is 15.5 Å².